The Kier molecular flexibility index (Phi) is 2.66. The van der Waals surface area contributed by atoms with Crippen molar-refractivity contribution < 1.29 is 4.79 Å². The molecule has 12 heavy (non-hydrogen) atoms. The van der Waals surface area contributed by atoms with E-state index >= 15 is 0 Å². The van der Waals surface area contributed by atoms with Crippen LogP contribution in [0.4, 0.5) is 0 Å². The van der Waals surface area contributed by atoms with E-state index in [1.807, 2.05) is 36.4 Å². The summed E-state index contributed by atoms with van der Waals surface area (Å²) in [6.07, 6.45) is 4.46. The van der Waals surface area contributed by atoms with Gasteiger partial charge in [0.15, 0.2) is 5.78 Å². The normalized spacial score (nSPS) is 13.5. The zero-order valence-corrected chi connectivity index (χ0v) is 7.30. The Hall–Kier alpha value is -1.08. The molecule has 1 nitrogen and oxygen atoms in total. The second-order valence-corrected chi connectivity index (χ2v) is 2.62. The molecule has 0 aliphatic heterocycles. The maximum Gasteiger partial charge on any atom is 0.167 e. The van der Waals surface area contributed by atoms with Crippen LogP contribution in [0.1, 0.15) is 22.3 Å². The van der Waals surface area contributed by atoms with Crippen molar-refractivity contribution in [2.75, 3.05) is 0 Å². The summed E-state index contributed by atoms with van der Waals surface area (Å²) in [4.78, 5) is 11.2. The lowest BCUT2D eigenvalue weighted by atomic mass is 9.97. The molecule has 2 heteroatoms. The van der Waals surface area contributed by atoms with Crippen molar-refractivity contribution in [2.24, 2.45) is 0 Å². The van der Waals surface area contributed by atoms with Crippen LogP contribution in [0.3, 0.4) is 0 Å². The molecule has 1 aliphatic rings. The highest BCUT2D eigenvalue weighted by Gasteiger charge is 2.10. The summed E-state index contributed by atoms with van der Waals surface area (Å²) in [6.45, 7) is 0. The lowest BCUT2D eigenvalue weighted by Gasteiger charge is -2.07. The van der Waals surface area contributed by atoms with E-state index in [-0.39, 0.29) is 18.2 Å². The number of halogens is 1. The number of benzene rings is 1. The fraction of sp³-hybridized carbons (Fsp3) is 0.100. The molecule has 0 radical (unpaired) electrons. The van der Waals surface area contributed by atoms with E-state index in [4.69, 9.17) is 0 Å². The van der Waals surface area contributed by atoms with E-state index in [0.717, 1.165) is 11.1 Å². The molecule has 0 aromatic heterocycles. The Labute approximate surface area is 77.5 Å². The maximum absolute atomic E-state index is 11.2. The van der Waals surface area contributed by atoms with Crippen molar-refractivity contribution in [3.05, 3.63) is 41.5 Å². The zero-order chi connectivity index (χ0) is 7.68. The number of allylic oxidation sites excluding steroid dienone is 1. The van der Waals surface area contributed by atoms with Crippen molar-refractivity contribution in [3.8, 4) is 0 Å². The Morgan fingerprint density at radius 1 is 1.17 bits per heavy atom. The van der Waals surface area contributed by atoms with Gasteiger partial charge in [0.2, 0.25) is 0 Å². The third-order valence-corrected chi connectivity index (χ3v) is 1.86. The molecular weight excluding hydrogens is 172 g/mol. The van der Waals surface area contributed by atoms with Crippen LogP contribution < -0.4 is 0 Å². The molecule has 0 unspecified atom stereocenters. The van der Waals surface area contributed by atoms with E-state index in [1.165, 1.54) is 0 Å². The second-order valence-electron chi connectivity index (χ2n) is 2.62. The quantitative estimate of drug-likeness (QED) is 0.600. The first kappa shape index (κ1) is 9.01. The molecule has 0 spiro atoms. The molecule has 0 saturated heterocycles. The Morgan fingerprint density at radius 3 is 2.67 bits per heavy atom. The molecule has 62 valence electrons. The molecule has 0 N–H and O–H groups in total. The van der Waals surface area contributed by atoms with Gasteiger partial charge in [0.1, 0.15) is 0 Å². The fourth-order valence-corrected chi connectivity index (χ4v) is 1.30. The number of fused-ring (bicyclic) bond motifs is 1. The van der Waals surface area contributed by atoms with Crippen LogP contribution in [0.5, 0.6) is 0 Å². The predicted octanol–water partition coefficient (Wildman–Crippen LogP) is 2.71. The standard InChI is InChI=1S/C10H8O.ClH/c11-10-7-3-5-8-4-1-2-6-9(8)10;/h1-6H,7H2;1H. The third kappa shape index (κ3) is 1.41. The fourth-order valence-electron chi connectivity index (χ4n) is 1.30. The Morgan fingerprint density at radius 2 is 1.92 bits per heavy atom. The van der Waals surface area contributed by atoms with Crippen molar-refractivity contribution in [2.45, 2.75) is 6.42 Å². The van der Waals surface area contributed by atoms with E-state index in [2.05, 4.69) is 0 Å². The molecule has 0 fully saturated rings. The number of rotatable bonds is 0. The van der Waals surface area contributed by atoms with Crippen molar-refractivity contribution in [1.29, 1.82) is 0 Å². The SMILES string of the molecule is Cl.O=C1CC=Cc2ccccc21. The molecule has 0 bridgehead atoms. The van der Waals surface area contributed by atoms with Gasteiger partial charge >= 0.3 is 0 Å². The minimum Gasteiger partial charge on any atom is -0.294 e. The predicted molar refractivity (Wildman–Crippen MR) is 51.7 cm³/mol. The van der Waals surface area contributed by atoms with E-state index in [0.29, 0.717) is 6.42 Å². The summed E-state index contributed by atoms with van der Waals surface area (Å²) >= 11 is 0. The van der Waals surface area contributed by atoms with Gasteiger partial charge in [-0.2, -0.15) is 0 Å². The summed E-state index contributed by atoms with van der Waals surface area (Å²) < 4.78 is 0. The highest BCUT2D eigenvalue weighted by molar-refractivity contribution is 6.02. The minimum atomic E-state index is 0. The number of ketones is 1. The minimum absolute atomic E-state index is 0. The highest BCUT2D eigenvalue weighted by Crippen LogP contribution is 2.17. The summed E-state index contributed by atoms with van der Waals surface area (Å²) in [7, 11) is 0. The van der Waals surface area contributed by atoms with Crippen molar-refractivity contribution in [1.82, 2.24) is 0 Å². The van der Waals surface area contributed by atoms with Gasteiger partial charge in [-0.25, -0.2) is 0 Å². The molecule has 1 aromatic carbocycles. The van der Waals surface area contributed by atoms with E-state index < -0.39 is 0 Å². The molecule has 2 rings (SSSR count). The van der Waals surface area contributed by atoms with E-state index in [1.54, 1.807) is 0 Å². The van der Waals surface area contributed by atoms with Gasteiger partial charge in [-0.15, -0.1) is 12.4 Å². The first-order valence-electron chi connectivity index (χ1n) is 3.67. The number of Topliss-reactive ketones (excluding diaryl/α,β-unsaturated/α-hetero) is 1. The first-order chi connectivity index (χ1) is 5.38. The van der Waals surface area contributed by atoms with Crippen LogP contribution in [0, 0.1) is 0 Å². The van der Waals surface area contributed by atoms with Crippen LogP contribution in [0.25, 0.3) is 6.08 Å². The van der Waals surface area contributed by atoms with Gasteiger partial charge in [-0.1, -0.05) is 36.4 Å². The number of hydrogen-bond donors (Lipinski definition) is 0. The topological polar surface area (TPSA) is 17.1 Å². The molecule has 0 atom stereocenters. The number of carbonyl (C=O) groups is 1. The van der Waals surface area contributed by atoms with Crippen LogP contribution in [0.15, 0.2) is 30.3 Å². The maximum atomic E-state index is 11.2. The Bertz CT molecular complexity index is 328. The smallest absolute Gasteiger partial charge is 0.167 e. The van der Waals surface area contributed by atoms with E-state index in [9.17, 15) is 4.79 Å². The van der Waals surface area contributed by atoms with Gasteiger partial charge in [-0.3, -0.25) is 4.79 Å². The summed E-state index contributed by atoms with van der Waals surface area (Å²) in [5.74, 6) is 0.225. The van der Waals surface area contributed by atoms with Gasteiger partial charge in [0.25, 0.3) is 0 Å². The zero-order valence-electron chi connectivity index (χ0n) is 6.49. The Balaban J connectivity index is 0.000000720. The second kappa shape index (κ2) is 3.55. The average Bonchev–Trinajstić information content (AvgIpc) is 2.06. The summed E-state index contributed by atoms with van der Waals surface area (Å²) in [5.41, 5.74) is 1.90. The van der Waals surface area contributed by atoms with Crippen LogP contribution in [-0.2, 0) is 0 Å². The van der Waals surface area contributed by atoms with Gasteiger partial charge in [-0.05, 0) is 5.56 Å². The molecule has 1 aliphatic carbocycles. The monoisotopic (exact) mass is 180 g/mol. The lowest BCUT2D eigenvalue weighted by molar-refractivity contribution is 0.0994. The average molecular weight is 181 g/mol. The third-order valence-electron chi connectivity index (χ3n) is 1.86. The van der Waals surface area contributed by atoms with Crippen molar-refractivity contribution in [3.63, 3.8) is 0 Å². The molecule has 0 saturated carbocycles. The largest absolute Gasteiger partial charge is 0.294 e. The van der Waals surface area contributed by atoms with Gasteiger partial charge in [0, 0.05) is 12.0 Å². The van der Waals surface area contributed by atoms with Gasteiger partial charge < -0.3 is 0 Å². The molecule has 1 aromatic rings. The number of carbonyl (C=O) groups excluding carboxylic acids is 1. The summed E-state index contributed by atoms with van der Waals surface area (Å²) in [5, 5.41) is 0. The summed E-state index contributed by atoms with van der Waals surface area (Å²) in [6, 6.07) is 7.68. The van der Waals surface area contributed by atoms with Gasteiger partial charge in [0.05, 0.1) is 0 Å². The number of hydrogen-bond acceptors (Lipinski definition) is 1. The molecular formula is C10H9ClO. The highest BCUT2D eigenvalue weighted by atomic mass is 35.5. The first-order valence-corrected chi connectivity index (χ1v) is 3.67. The van der Waals surface area contributed by atoms with Crippen LogP contribution >= 0.6 is 12.4 Å². The van der Waals surface area contributed by atoms with Crippen molar-refractivity contribution >= 4 is 24.3 Å². The van der Waals surface area contributed by atoms with Crippen LogP contribution in [-0.4, -0.2) is 5.78 Å². The lowest BCUT2D eigenvalue weighted by Crippen LogP contribution is -2.02. The molecule has 0 heterocycles. The van der Waals surface area contributed by atoms with Crippen LogP contribution in [0.2, 0.25) is 0 Å². The molecule has 0 amide bonds.